The first-order chi connectivity index (χ1) is 16.7. The molecule has 4 rings (SSSR count). The Bertz CT molecular complexity index is 1300. The summed E-state index contributed by atoms with van der Waals surface area (Å²) in [5, 5.41) is -0.214. The topological polar surface area (TPSA) is 110 Å². The number of hydrogen-bond donors (Lipinski definition) is 0. The molecule has 2 aromatic rings. The number of amides is 3. The number of halogens is 1. The zero-order valence-electron chi connectivity index (χ0n) is 18.6. The molecule has 2 aromatic carbocycles. The number of benzene rings is 2. The molecule has 2 heterocycles. The second-order valence-corrected chi connectivity index (χ2v) is 10.7. The summed E-state index contributed by atoms with van der Waals surface area (Å²) in [6, 6.07) is 10.1. The van der Waals surface area contributed by atoms with Gasteiger partial charge in [-0.05, 0) is 61.0 Å². The molecule has 3 amide bonds. The smallest absolute Gasteiger partial charge is 0.339 e. The Hall–Kier alpha value is -3.02. The molecule has 0 unspecified atom stereocenters. The minimum atomic E-state index is -4.27. The molecule has 0 aliphatic carbocycles. The van der Waals surface area contributed by atoms with Gasteiger partial charge < -0.3 is 13.8 Å². The van der Waals surface area contributed by atoms with Crippen LogP contribution >= 0.6 is 23.4 Å². The second-order valence-electron chi connectivity index (χ2n) is 7.73. The third kappa shape index (κ3) is 5.47. The molecule has 0 N–H and O–H groups in total. The van der Waals surface area contributed by atoms with E-state index in [4.69, 9.17) is 20.5 Å². The highest BCUT2D eigenvalue weighted by Crippen LogP contribution is 2.38. The summed E-state index contributed by atoms with van der Waals surface area (Å²) in [6.45, 7) is 0.878. The van der Waals surface area contributed by atoms with Crippen LogP contribution in [0.25, 0.3) is 6.08 Å². The maximum atomic E-state index is 12.9. The van der Waals surface area contributed by atoms with Crippen molar-refractivity contribution in [3.05, 3.63) is 58.0 Å². The molecule has 0 radical (unpaired) electrons. The largest absolute Gasteiger partial charge is 0.493 e. The molecule has 0 bridgehead atoms. The molecular weight excluding hydrogens is 516 g/mol. The van der Waals surface area contributed by atoms with Crippen molar-refractivity contribution in [1.82, 2.24) is 9.80 Å². The van der Waals surface area contributed by atoms with Crippen molar-refractivity contribution >= 4 is 56.6 Å². The van der Waals surface area contributed by atoms with Gasteiger partial charge in [0.1, 0.15) is 11.4 Å². The molecule has 9 nitrogen and oxygen atoms in total. The molecule has 35 heavy (non-hydrogen) atoms. The van der Waals surface area contributed by atoms with Gasteiger partial charge in [0.2, 0.25) is 5.91 Å². The predicted octanol–water partition coefficient (Wildman–Crippen LogP) is 3.78. The van der Waals surface area contributed by atoms with Crippen molar-refractivity contribution in [2.45, 2.75) is 17.7 Å². The minimum absolute atomic E-state index is 0.0335. The maximum Gasteiger partial charge on any atom is 0.339 e. The first kappa shape index (κ1) is 25.1. The molecular formula is C23H21ClN2O7S2. The Morgan fingerprint density at radius 3 is 2.46 bits per heavy atom. The molecule has 0 aromatic heterocycles. The van der Waals surface area contributed by atoms with Gasteiger partial charge in [0.25, 0.3) is 11.1 Å². The van der Waals surface area contributed by atoms with Gasteiger partial charge >= 0.3 is 10.1 Å². The number of methoxy groups -OCH3 is 1. The Kier molecular flexibility index (Phi) is 7.39. The number of hydrogen-bond acceptors (Lipinski definition) is 8. The van der Waals surface area contributed by atoms with Crippen LogP contribution in [0.5, 0.6) is 11.5 Å². The Morgan fingerprint density at radius 2 is 1.80 bits per heavy atom. The molecule has 0 spiro atoms. The number of nitrogens with zero attached hydrogens (tertiary/aromatic N) is 2. The zero-order chi connectivity index (χ0) is 25.2. The zero-order valence-corrected chi connectivity index (χ0v) is 21.0. The van der Waals surface area contributed by atoms with Crippen LogP contribution in [0.1, 0.15) is 18.4 Å². The fraction of sp³-hybridized carbons (Fsp3) is 0.261. The van der Waals surface area contributed by atoms with Gasteiger partial charge in [-0.25, -0.2) is 0 Å². The van der Waals surface area contributed by atoms with Gasteiger partial charge in [-0.15, -0.1) is 0 Å². The number of carbonyl (C=O) groups is 3. The summed E-state index contributed by atoms with van der Waals surface area (Å²) in [5.41, 5.74) is 0.207. The molecule has 2 aliphatic heterocycles. The minimum Gasteiger partial charge on any atom is -0.493 e. The van der Waals surface area contributed by atoms with Crippen molar-refractivity contribution in [3.8, 4) is 11.5 Å². The van der Waals surface area contributed by atoms with Crippen molar-refractivity contribution in [3.63, 3.8) is 0 Å². The predicted molar refractivity (Wildman–Crippen MR) is 131 cm³/mol. The third-order valence-electron chi connectivity index (χ3n) is 5.44. The van der Waals surface area contributed by atoms with E-state index in [1.54, 1.807) is 11.0 Å². The molecule has 0 atom stereocenters. The Balaban J connectivity index is 1.62. The number of ether oxygens (including phenoxy) is 1. The summed E-state index contributed by atoms with van der Waals surface area (Å²) in [5.74, 6) is -0.961. The van der Waals surface area contributed by atoms with Crippen LogP contribution in [0.3, 0.4) is 0 Å². The quantitative estimate of drug-likeness (QED) is 0.388. The van der Waals surface area contributed by atoms with Gasteiger partial charge in [0.15, 0.2) is 11.5 Å². The average Bonchev–Trinajstić information content (AvgIpc) is 3.45. The highest BCUT2D eigenvalue weighted by atomic mass is 35.5. The van der Waals surface area contributed by atoms with Crippen LogP contribution in [0, 0.1) is 0 Å². The fourth-order valence-electron chi connectivity index (χ4n) is 3.63. The number of rotatable bonds is 7. The van der Waals surface area contributed by atoms with Gasteiger partial charge in [-0.1, -0.05) is 23.7 Å². The van der Waals surface area contributed by atoms with E-state index >= 15 is 0 Å². The number of carbonyl (C=O) groups excluding carboxylic acids is 3. The van der Waals surface area contributed by atoms with Crippen LogP contribution < -0.4 is 8.92 Å². The summed E-state index contributed by atoms with van der Waals surface area (Å²) < 4.78 is 36.4. The normalized spacial score (nSPS) is 17.4. The van der Waals surface area contributed by atoms with E-state index in [2.05, 4.69) is 0 Å². The Morgan fingerprint density at radius 1 is 1.11 bits per heavy atom. The van der Waals surface area contributed by atoms with Crippen LogP contribution in [-0.2, 0) is 19.7 Å². The van der Waals surface area contributed by atoms with Crippen molar-refractivity contribution < 1.29 is 31.7 Å². The van der Waals surface area contributed by atoms with E-state index in [0.717, 1.165) is 17.7 Å². The van der Waals surface area contributed by atoms with E-state index in [1.807, 2.05) is 0 Å². The van der Waals surface area contributed by atoms with E-state index < -0.39 is 21.3 Å². The maximum absolute atomic E-state index is 12.9. The lowest BCUT2D eigenvalue weighted by Crippen LogP contribution is -2.40. The van der Waals surface area contributed by atoms with E-state index in [-0.39, 0.29) is 39.3 Å². The van der Waals surface area contributed by atoms with Crippen molar-refractivity contribution in [1.29, 1.82) is 0 Å². The van der Waals surface area contributed by atoms with Crippen LogP contribution in [0.4, 0.5) is 4.79 Å². The highest BCUT2D eigenvalue weighted by Gasteiger charge is 2.37. The van der Waals surface area contributed by atoms with Gasteiger partial charge in [0, 0.05) is 23.7 Å². The molecule has 0 saturated carbocycles. The lowest BCUT2D eigenvalue weighted by Gasteiger charge is -2.18. The fourth-order valence-corrected chi connectivity index (χ4v) is 5.55. The summed E-state index contributed by atoms with van der Waals surface area (Å²) in [4.78, 5) is 40.3. The van der Waals surface area contributed by atoms with Gasteiger partial charge in [-0.2, -0.15) is 8.42 Å². The number of imide groups is 1. The Labute approximate surface area is 211 Å². The molecule has 184 valence electrons. The first-order valence-corrected chi connectivity index (χ1v) is 13.2. The molecule has 2 aliphatic rings. The molecule has 12 heteroatoms. The highest BCUT2D eigenvalue weighted by molar-refractivity contribution is 8.18. The van der Waals surface area contributed by atoms with Crippen LogP contribution in [-0.4, -0.2) is 62.0 Å². The lowest BCUT2D eigenvalue weighted by molar-refractivity contribution is -0.135. The van der Waals surface area contributed by atoms with Gasteiger partial charge in [-0.3, -0.25) is 19.3 Å². The van der Waals surface area contributed by atoms with E-state index in [9.17, 15) is 22.8 Å². The SMILES string of the molecule is COc1cccc(/C=C2\SC(=O)N(CC(=O)N3CCCC3)C2=O)c1OS(=O)(=O)c1ccc(Cl)cc1. The van der Waals surface area contributed by atoms with E-state index in [1.165, 1.54) is 49.6 Å². The van der Waals surface area contributed by atoms with Gasteiger partial charge in [0.05, 0.1) is 12.0 Å². The van der Waals surface area contributed by atoms with Crippen LogP contribution in [0.2, 0.25) is 5.02 Å². The molecule has 2 fully saturated rings. The summed E-state index contributed by atoms with van der Waals surface area (Å²) in [6.07, 6.45) is 3.14. The summed E-state index contributed by atoms with van der Waals surface area (Å²) in [7, 11) is -2.92. The number of likely N-dealkylation sites (tertiary alicyclic amines) is 1. The average molecular weight is 537 g/mol. The third-order valence-corrected chi connectivity index (χ3v) is 7.83. The van der Waals surface area contributed by atoms with Crippen molar-refractivity contribution in [2.24, 2.45) is 0 Å². The monoisotopic (exact) mass is 536 g/mol. The number of thioether (sulfide) groups is 1. The second kappa shape index (κ2) is 10.3. The standard InChI is InChI=1S/C23H21ClN2O7S2/c1-32-18-6-4-5-15(21(18)33-35(30,31)17-9-7-16(24)8-10-17)13-19-22(28)26(23(29)34-19)14-20(27)25-11-2-3-12-25/h4-10,13H,2-3,11-12,14H2,1H3/b19-13-. The molecule has 2 saturated heterocycles. The first-order valence-electron chi connectivity index (χ1n) is 10.6. The lowest BCUT2D eigenvalue weighted by atomic mass is 10.1. The van der Waals surface area contributed by atoms with Crippen molar-refractivity contribution in [2.75, 3.05) is 26.7 Å². The van der Waals surface area contributed by atoms with Crippen LogP contribution in [0.15, 0.2) is 52.3 Å². The van der Waals surface area contributed by atoms with E-state index in [0.29, 0.717) is 29.9 Å². The summed E-state index contributed by atoms with van der Waals surface area (Å²) >= 11 is 6.51. The number of para-hydroxylation sites is 1.